The molecular formula is C13H23N5O2S. The molecule has 2 heterocycles. The van der Waals surface area contributed by atoms with Crippen LogP contribution in [-0.4, -0.2) is 47.8 Å². The molecule has 8 heteroatoms. The summed E-state index contributed by atoms with van der Waals surface area (Å²) in [4.78, 5) is 19.0. The van der Waals surface area contributed by atoms with Crippen molar-refractivity contribution in [3.05, 3.63) is 4.88 Å². The summed E-state index contributed by atoms with van der Waals surface area (Å²) >= 11 is 1.31. The Balaban J connectivity index is 2.03. The van der Waals surface area contributed by atoms with Crippen molar-refractivity contribution in [2.75, 3.05) is 30.3 Å². The van der Waals surface area contributed by atoms with Crippen LogP contribution in [0.15, 0.2) is 0 Å². The number of amides is 1. The molecule has 0 aliphatic carbocycles. The van der Waals surface area contributed by atoms with Gasteiger partial charge >= 0.3 is 0 Å². The molecule has 0 aromatic carbocycles. The molecular weight excluding hydrogens is 290 g/mol. The number of nitrogen functional groups attached to an aromatic ring is 1. The second-order valence-corrected chi connectivity index (χ2v) is 6.40. The first kappa shape index (κ1) is 16.0. The van der Waals surface area contributed by atoms with Gasteiger partial charge in [0.2, 0.25) is 0 Å². The first-order valence-corrected chi connectivity index (χ1v) is 8.01. The molecule has 1 fully saturated rings. The molecule has 1 atom stereocenters. The van der Waals surface area contributed by atoms with E-state index in [1.165, 1.54) is 11.3 Å². The molecule has 7 nitrogen and oxygen atoms in total. The maximum Gasteiger partial charge on any atom is 0.265 e. The van der Waals surface area contributed by atoms with Crippen LogP contribution in [0.25, 0.3) is 0 Å². The highest BCUT2D eigenvalue weighted by Gasteiger charge is 2.23. The van der Waals surface area contributed by atoms with Crippen molar-refractivity contribution in [1.82, 2.24) is 10.3 Å². The Morgan fingerprint density at radius 3 is 2.86 bits per heavy atom. The number of aliphatic hydroxyl groups is 1. The lowest BCUT2D eigenvalue weighted by molar-refractivity contribution is 0.0939. The zero-order valence-electron chi connectivity index (χ0n) is 12.2. The van der Waals surface area contributed by atoms with Gasteiger partial charge in [0.25, 0.3) is 5.91 Å². The lowest BCUT2D eigenvalue weighted by Crippen LogP contribution is -2.39. The van der Waals surface area contributed by atoms with Crippen molar-refractivity contribution in [2.24, 2.45) is 5.73 Å². The Morgan fingerprint density at radius 2 is 2.24 bits per heavy atom. The Morgan fingerprint density at radius 1 is 1.57 bits per heavy atom. The second kappa shape index (κ2) is 7.06. The maximum absolute atomic E-state index is 12.2. The smallest absolute Gasteiger partial charge is 0.265 e. The van der Waals surface area contributed by atoms with Gasteiger partial charge in [-0.15, -0.1) is 0 Å². The summed E-state index contributed by atoms with van der Waals surface area (Å²) in [6, 6.07) is 0.154. The quantitative estimate of drug-likeness (QED) is 0.615. The molecule has 1 aromatic heterocycles. The van der Waals surface area contributed by atoms with Gasteiger partial charge in [-0.2, -0.15) is 0 Å². The van der Waals surface area contributed by atoms with Crippen molar-refractivity contribution in [3.8, 4) is 0 Å². The zero-order chi connectivity index (χ0) is 15.4. The topological polar surface area (TPSA) is 118 Å². The number of rotatable bonds is 5. The van der Waals surface area contributed by atoms with E-state index in [-0.39, 0.29) is 30.4 Å². The molecule has 1 aliphatic heterocycles. The largest absolute Gasteiger partial charge is 0.396 e. The number of aliphatic hydroxyl groups excluding tert-OH is 1. The first-order chi connectivity index (χ1) is 10.0. The fraction of sp³-hybridized carbons (Fsp3) is 0.692. The minimum Gasteiger partial charge on any atom is -0.396 e. The average Bonchev–Trinajstić information content (AvgIpc) is 2.82. The van der Waals surface area contributed by atoms with Crippen LogP contribution in [0.1, 0.15) is 35.9 Å². The molecule has 1 aromatic rings. The number of carbonyl (C=O) groups excluding carboxylic acids is 1. The van der Waals surface area contributed by atoms with Crippen LogP contribution in [0.4, 0.5) is 10.9 Å². The summed E-state index contributed by atoms with van der Waals surface area (Å²) in [6.07, 6.45) is 2.37. The number of nitrogens with one attached hydrogen (secondary N) is 1. The normalized spacial score (nSPS) is 17.8. The average molecular weight is 313 g/mol. The number of piperidine rings is 1. The number of aromatic nitrogens is 1. The van der Waals surface area contributed by atoms with Crippen molar-refractivity contribution < 1.29 is 9.90 Å². The van der Waals surface area contributed by atoms with Gasteiger partial charge in [-0.1, -0.05) is 11.3 Å². The molecule has 1 amide bonds. The first-order valence-electron chi connectivity index (χ1n) is 7.19. The van der Waals surface area contributed by atoms with E-state index in [4.69, 9.17) is 16.6 Å². The van der Waals surface area contributed by atoms with Gasteiger partial charge in [0, 0.05) is 31.8 Å². The van der Waals surface area contributed by atoms with Crippen molar-refractivity contribution in [2.45, 2.75) is 38.3 Å². The van der Waals surface area contributed by atoms with Gasteiger partial charge in [0.15, 0.2) is 5.13 Å². The number of nitrogens with zero attached hydrogens (tertiary/aromatic N) is 2. The van der Waals surface area contributed by atoms with Gasteiger partial charge in [0.1, 0.15) is 10.7 Å². The number of hydrogen-bond acceptors (Lipinski definition) is 7. The summed E-state index contributed by atoms with van der Waals surface area (Å²) in [5.74, 6) is 0.0319. The third-order valence-electron chi connectivity index (χ3n) is 3.60. The molecule has 0 spiro atoms. The molecule has 1 unspecified atom stereocenters. The Kier molecular flexibility index (Phi) is 5.38. The van der Waals surface area contributed by atoms with E-state index in [9.17, 15) is 4.79 Å². The fourth-order valence-electron chi connectivity index (χ4n) is 2.26. The molecule has 0 radical (unpaired) electrons. The SMILES string of the molecule is CC(CCO)NC(=O)c1sc(N2CCC(N)CC2)nc1N. The summed E-state index contributed by atoms with van der Waals surface area (Å²) in [6.45, 7) is 3.57. The number of nitrogens with two attached hydrogens (primary N) is 2. The minimum atomic E-state index is -0.231. The van der Waals surface area contributed by atoms with Crippen molar-refractivity contribution in [1.29, 1.82) is 0 Å². The lowest BCUT2D eigenvalue weighted by atomic mass is 10.1. The Hall–Kier alpha value is -1.38. The van der Waals surface area contributed by atoms with E-state index < -0.39 is 0 Å². The third-order valence-corrected chi connectivity index (χ3v) is 4.73. The summed E-state index contributed by atoms with van der Waals surface area (Å²) in [5.41, 5.74) is 11.8. The highest BCUT2D eigenvalue weighted by Crippen LogP contribution is 2.29. The number of carbonyl (C=O) groups is 1. The molecule has 21 heavy (non-hydrogen) atoms. The van der Waals surface area contributed by atoms with E-state index in [2.05, 4.69) is 15.2 Å². The lowest BCUT2D eigenvalue weighted by Gasteiger charge is -2.29. The number of anilines is 2. The number of thiazole rings is 1. The van der Waals surface area contributed by atoms with Crippen molar-refractivity contribution in [3.63, 3.8) is 0 Å². The van der Waals surface area contributed by atoms with Crippen LogP contribution < -0.4 is 21.7 Å². The summed E-state index contributed by atoms with van der Waals surface area (Å²) in [5, 5.41) is 12.5. The van der Waals surface area contributed by atoms with Crippen LogP contribution in [0, 0.1) is 0 Å². The molecule has 6 N–H and O–H groups in total. The van der Waals surface area contributed by atoms with Crippen molar-refractivity contribution >= 4 is 28.2 Å². The van der Waals surface area contributed by atoms with Gasteiger partial charge in [0.05, 0.1) is 0 Å². The molecule has 2 rings (SSSR count). The Labute approximate surface area is 128 Å². The van der Waals surface area contributed by atoms with E-state index in [0.29, 0.717) is 11.3 Å². The van der Waals surface area contributed by atoms with Crippen LogP contribution >= 0.6 is 11.3 Å². The highest BCUT2D eigenvalue weighted by atomic mass is 32.1. The van der Waals surface area contributed by atoms with E-state index in [0.717, 1.165) is 31.1 Å². The van der Waals surface area contributed by atoms with E-state index in [1.807, 2.05) is 6.92 Å². The van der Waals surface area contributed by atoms with E-state index in [1.54, 1.807) is 0 Å². The molecule has 0 saturated carbocycles. The van der Waals surface area contributed by atoms with Gasteiger partial charge in [-0.3, -0.25) is 4.79 Å². The van der Waals surface area contributed by atoms with Gasteiger partial charge < -0.3 is 26.8 Å². The summed E-state index contributed by atoms with van der Waals surface area (Å²) < 4.78 is 0. The minimum absolute atomic E-state index is 0.0406. The molecule has 1 saturated heterocycles. The second-order valence-electron chi connectivity index (χ2n) is 5.42. The van der Waals surface area contributed by atoms with Crippen LogP contribution in [0.2, 0.25) is 0 Å². The fourth-order valence-corrected chi connectivity index (χ4v) is 3.20. The molecule has 0 bridgehead atoms. The van der Waals surface area contributed by atoms with Gasteiger partial charge in [-0.25, -0.2) is 4.98 Å². The summed E-state index contributed by atoms with van der Waals surface area (Å²) in [7, 11) is 0. The molecule has 118 valence electrons. The Bertz CT molecular complexity index is 485. The molecule has 1 aliphatic rings. The number of hydrogen-bond donors (Lipinski definition) is 4. The van der Waals surface area contributed by atoms with Crippen LogP contribution in [-0.2, 0) is 0 Å². The predicted molar refractivity (Wildman–Crippen MR) is 84.6 cm³/mol. The van der Waals surface area contributed by atoms with Crippen LogP contribution in [0.3, 0.4) is 0 Å². The maximum atomic E-state index is 12.2. The van der Waals surface area contributed by atoms with Gasteiger partial charge in [-0.05, 0) is 26.2 Å². The third kappa shape index (κ3) is 4.05. The monoisotopic (exact) mass is 313 g/mol. The van der Waals surface area contributed by atoms with E-state index >= 15 is 0 Å². The van der Waals surface area contributed by atoms with Crippen LogP contribution in [0.5, 0.6) is 0 Å². The highest BCUT2D eigenvalue weighted by molar-refractivity contribution is 7.18. The zero-order valence-corrected chi connectivity index (χ0v) is 13.0. The predicted octanol–water partition coefficient (Wildman–Crippen LogP) is 0.154. The standard InChI is InChI=1S/C13H23N5O2S/c1-8(4-7-19)16-12(20)10-11(15)17-13(21-10)18-5-2-9(14)3-6-18/h8-9,19H,2-7,14-15H2,1H3,(H,16,20).